The van der Waals surface area contributed by atoms with Crippen molar-refractivity contribution in [2.24, 2.45) is 5.41 Å². The van der Waals surface area contributed by atoms with Gasteiger partial charge in [0.15, 0.2) is 0 Å². The van der Waals surface area contributed by atoms with Crippen molar-refractivity contribution in [3.8, 4) is 0 Å². The lowest BCUT2D eigenvalue weighted by Gasteiger charge is -2.23. The summed E-state index contributed by atoms with van der Waals surface area (Å²) in [5.41, 5.74) is -1.11. The molecule has 0 saturated carbocycles. The van der Waals surface area contributed by atoms with Gasteiger partial charge in [-0.3, -0.25) is 0 Å². The molecule has 0 aliphatic carbocycles. The minimum Gasteiger partial charge on any atom is -0.396 e. The molecule has 0 radical (unpaired) electrons. The molecule has 0 spiro atoms. The molecule has 0 heterocycles. The summed E-state index contributed by atoms with van der Waals surface area (Å²) in [5, 5.41) is 45.1. The number of aliphatic hydroxyl groups excluding tert-OH is 5. The third-order valence-electron chi connectivity index (χ3n) is 1.88. The highest BCUT2D eigenvalue weighted by molar-refractivity contribution is 4.74. The standard InChI is InChI=1S/C5H12O4.C4H11NO/c6-1-5(2-7,3-8)4-9;1-2-5-3-4-6/h6-9H,1-4H2;5-6H,2-4H2,1H3. The van der Waals surface area contributed by atoms with Crippen molar-refractivity contribution < 1.29 is 25.5 Å². The van der Waals surface area contributed by atoms with Gasteiger partial charge in [-0.1, -0.05) is 6.92 Å². The Morgan fingerprint density at radius 2 is 1.27 bits per heavy atom. The van der Waals surface area contributed by atoms with E-state index in [1.165, 1.54) is 0 Å². The van der Waals surface area contributed by atoms with Crippen LogP contribution in [0.4, 0.5) is 0 Å². The zero-order chi connectivity index (χ0) is 12.2. The maximum Gasteiger partial charge on any atom is 0.0627 e. The molecule has 0 aliphatic rings. The molecular formula is C9H23NO5. The predicted octanol–water partition coefficient (Wildman–Crippen LogP) is -2.47. The SMILES string of the molecule is CCNCCO.OCC(CO)(CO)CO. The number of rotatable bonds is 7. The van der Waals surface area contributed by atoms with Crippen LogP contribution in [0.3, 0.4) is 0 Å². The van der Waals surface area contributed by atoms with E-state index < -0.39 is 31.8 Å². The van der Waals surface area contributed by atoms with Gasteiger partial charge in [0.25, 0.3) is 0 Å². The Morgan fingerprint density at radius 3 is 1.33 bits per heavy atom. The summed E-state index contributed by atoms with van der Waals surface area (Å²) in [5.74, 6) is 0. The molecule has 6 heteroatoms. The Bertz CT molecular complexity index is 97.6. The maximum absolute atomic E-state index is 8.50. The van der Waals surface area contributed by atoms with Gasteiger partial charge in [-0.2, -0.15) is 0 Å². The summed E-state index contributed by atoms with van der Waals surface area (Å²) in [4.78, 5) is 0. The molecule has 0 aromatic heterocycles. The number of hydrogen-bond donors (Lipinski definition) is 6. The van der Waals surface area contributed by atoms with Gasteiger partial charge in [-0.05, 0) is 6.54 Å². The molecule has 0 bridgehead atoms. The third-order valence-corrected chi connectivity index (χ3v) is 1.88. The highest BCUT2D eigenvalue weighted by atomic mass is 16.3. The van der Waals surface area contributed by atoms with Crippen LogP contribution in [0.15, 0.2) is 0 Å². The molecule has 15 heavy (non-hydrogen) atoms. The zero-order valence-corrected chi connectivity index (χ0v) is 9.19. The van der Waals surface area contributed by atoms with E-state index in [0.29, 0.717) is 0 Å². The van der Waals surface area contributed by atoms with Gasteiger partial charge in [0.2, 0.25) is 0 Å². The molecule has 0 unspecified atom stereocenters. The minimum atomic E-state index is -1.11. The van der Waals surface area contributed by atoms with E-state index in [4.69, 9.17) is 25.5 Å². The van der Waals surface area contributed by atoms with Gasteiger partial charge in [-0.15, -0.1) is 0 Å². The molecule has 0 amide bonds. The first-order valence-electron chi connectivity index (χ1n) is 4.91. The fourth-order valence-corrected chi connectivity index (χ4v) is 0.556. The van der Waals surface area contributed by atoms with E-state index in [2.05, 4.69) is 5.32 Å². The average Bonchev–Trinajstić information content (AvgIpc) is 2.31. The Labute approximate surface area is 90.2 Å². The van der Waals surface area contributed by atoms with E-state index in [0.717, 1.165) is 13.1 Å². The van der Waals surface area contributed by atoms with Crippen LogP contribution in [0.25, 0.3) is 0 Å². The van der Waals surface area contributed by atoms with Gasteiger partial charge in [0, 0.05) is 6.54 Å². The summed E-state index contributed by atoms with van der Waals surface area (Å²) in [6.07, 6.45) is 0. The van der Waals surface area contributed by atoms with Crippen LogP contribution in [0, 0.1) is 5.41 Å². The molecular weight excluding hydrogens is 202 g/mol. The lowest BCUT2D eigenvalue weighted by molar-refractivity contribution is -0.0328. The average molecular weight is 225 g/mol. The van der Waals surface area contributed by atoms with Crippen molar-refractivity contribution in [3.63, 3.8) is 0 Å². The number of aliphatic hydroxyl groups is 5. The van der Waals surface area contributed by atoms with Crippen LogP contribution in [0.2, 0.25) is 0 Å². The van der Waals surface area contributed by atoms with Gasteiger partial charge >= 0.3 is 0 Å². The summed E-state index contributed by atoms with van der Waals surface area (Å²) >= 11 is 0. The summed E-state index contributed by atoms with van der Waals surface area (Å²) in [7, 11) is 0. The van der Waals surface area contributed by atoms with Gasteiger partial charge in [0.05, 0.1) is 38.4 Å². The molecule has 6 N–H and O–H groups in total. The molecule has 0 aromatic rings. The van der Waals surface area contributed by atoms with Crippen LogP contribution in [-0.4, -0.2) is 71.7 Å². The molecule has 0 aliphatic heterocycles. The molecule has 0 aromatic carbocycles. The summed E-state index contributed by atoms with van der Waals surface area (Å²) in [6.45, 7) is 2.29. The highest BCUT2D eigenvalue weighted by Gasteiger charge is 2.26. The lowest BCUT2D eigenvalue weighted by atomic mass is 9.93. The first kappa shape index (κ1) is 17.2. The lowest BCUT2D eigenvalue weighted by Crippen LogP contribution is -2.37. The predicted molar refractivity (Wildman–Crippen MR) is 56.4 cm³/mol. The van der Waals surface area contributed by atoms with Crippen molar-refractivity contribution in [3.05, 3.63) is 0 Å². The van der Waals surface area contributed by atoms with Gasteiger partial charge in [-0.25, -0.2) is 0 Å². The Hall–Kier alpha value is -0.240. The van der Waals surface area contributed by atoms with Crippen molar-refractivity contribution in [2.45, 2.75) is 6.92 Å². The van der Waals surface area contributed by atoms with E-state index in [-0.39, 0.29) is 6.61 Å². The monoisotopic (exact) mass is 225 g/mol. The number of nitrogens with one attached hydrogen (secondary N) is 1. The first-order chi connectivity index (χ1) is 7.16. The second-order valence-corrected chi connectivity index (χ2v) is 3.21. The first-order valence-corrected chi connectivity index (χ1v) is 4.91. The van der Waals surface area contributed by atoms with E-state index in [1.807, 2.05) is 6.92 Å². The van der Waals surface area contributed by atoms with Crippen LogP contribution in [0.5, 0.6) is 0 Å². The van der Waals surface area contributed by atoms with Crippen molar-refractivity contribution in [1.29, 1.82) is 0 Å². The van der Waals surface area contributed by atoms with Gasteiger partial charge < -0.3 is 30.8 Å². The molecule has 0 rings (SSSR count). The molecule has 6 nitrogen and oxygen atoms in total. The number of hydrogen-bond acceptors (Lipinski definition) is 6. The molecule has 94 valence electrons. The maximum atomic E-state index is 8.50. The fourth-order valence-electron chi connectivity index (χ4n) is 0.556. The third kappa shape index (κ3) is 8.73. The Kier molecular flexibility index (Phi) is 13.5. The topological polar surface area (TPSA) is 113 Å². The van der Waals surface area contributed by atoms with Crippen molar-refractivity contribution in [2.75, 3.05) is 46.1 Å². The quantitative estimate of drug-likeness (QED) is 0.268. The molecule has 0 fully saturated rings. The Balaban J connectivity index is 0. The summed E-state index contributed by atoms with van der Waals surface area (Å²) < 4.78 is 0. The van der Waals surface area contributed by atoms with Crippen LogP contribution in [0.1, 0.15) is 6.92 Å². The van der Waals surface area contributed by atoms with Gasteiger partial charge in [0.1, 0.15) is 0 Å². The van der Waals surface area contributed by atoms with Crippen molar-refractivity contribution in [1.82, 2.24) is 5.32 Å². The van der Waals surface area contributed by atoms with Crippen LogP contribution < -0.4 is 5.32 Å². The second kappa shape index (κ2) is 11.8. The molecule has 0 atom stereocenters. The van der Waals surface area contributed by atoms with Crippen LogP contribution >= 0.6 is 0 Å². The normalized spacial score (nSPS) is 10.8. The number of likely N-dealkylation sites (N-methyl/N-ethyl adjacent to an activating group) is 1. The van der Waals surface area contributed by atoms with E-state index >= 15 is 0 Å². The molecule has 0 saturated heterocycles. The van der Waals surface area contributed by atoms with Crippen LogP contribution in [-0.2, 0) is 0 Å². The van der Waals surface area contributed by atoms with Crippen molar-refractivity contribution >= 4 is 0 Å². The Morgan fingerprint density at radius 1 is 0.867 bits per heavy atom. The largest absolute Gasteiger partial charge is 0.396 e. The second-order valence-electron chi connectivity index (χ2n) is 3.21. The fraction of sp³-hybridized carbons (Fsp3) is 1.00. The van der Waals surface area contributed by atoms with E-state index in [9.17, 15) is 0 Å². The minimum absolute atomic E-state index is 0.244. The highest BCUT2D eigenvalue weighted by Crippen LogP contribution is 2.11. The summed E-state index contributed by atoms with van der Waals surface area (Å²) in [6, 6.07) is 0. The smallest absolute Gasteiger partial charge is 0.0627 e. The zero-order valence-electron chi connectivity index (χ0n) is 9.19. The van der Waals surface area contributed by atoms with E-state index in [1.54, 1.807) is 0 Å².